The van der Waals surface area contributed by atoms with Crippen LogP contribution in [0.5, 0.6) is 5.75 Å². The third kappa shape index (κ3) is 3.26. The van der Waals surface area contributed by atoms with Crippen LogP contribution in [0.2, 0.25) is 0 Å². The summed E-state index contributed by atoms with van der Waals surface area (Å²) in [6.45, 7) is 0.212. The fourth-order valence-electron chi connectivity index (χ4n) is 1.61. The molecule has 0 fully saturated rings. The third-order valence-corrected chi connectivity index (χ3v) is 2.63. The molecule has 0 saturated heterocycles. The van der Waals surface area contributed by atoms with Crippen molar-refractivity contribution in [3.05, 3.63) is 65.0 Å². The van der Waals surface area contributed by atoms with Crippen LogP contribution in [0, 0.1) is 17.5 Å². The maximum Gasteiger partial charge on any atom is 0.162 e. The summed E-state index contributed by atoms with van der Waals surface area (Å²) in [5.41, 5.74) is 6.47. The van der Waals surface area contributed by atoms with Crippen LogP contribution < -0.4 is 10.5 Å². The lowest BCUT2D eigenvalue weighted by atomic mass is 10.1. The van der Waals surface area contributed by atoms with Crippen LogP contribution >= 0.6 is 0 Å². The van der Waals surface area contributed by atoms with E-state index in [9.17, 15) is 13.2 Å². The fraction of sp³-hybridized carbons (Fsp3) is 0.143. The minimum atomic E-state index is -0.973. The minimum Gasteiger partial charge on any atom is -0.489 e. The van der Waals surface area contributed by atoms with Crippen LogP contribution in [-0.2, 0) is 13.2 Å². The summed E-state index contributed by atoms with van der Waals surface area (Å²) < 4.78 is 44.2. The number of halogens is 3. The molecule has 2 rings (SSSR count). The summed E-state index contributed by atoms with van der Waals surface area (Å²) in [6, 6.07) is 7.70. The van der Waals surface area contributed by atoms with E-state index in [0.717, 1.165) is 12.1 Å². The van der Waals surface area contributed by atoms with Crippen molar-refractivity contribution >= 4 is 0 Å². The van der Waals surface area contributed by atoms with E-state index in [1.165, 1.54) is 12.1 Å². The number of nitrogens with two attached hydrogens (primary N) is 1. The van der Waals surface area contributed by atoms with Gasteiger partial charge in [-0.3, -0.25) is 0 Å². The quantitative estimate of drug-likeness (QED) is 0.923. The normalized spacial score (nSPS) is 10.5. The van der Waals surface area contributed by atoms with Gasteiger partial charge in [-0.15, -0.1) is 0 Å². The highest BCUT2D eigenvalue weighted by molar-refractivity contribution is 5.27. The fourth-order valence-corrected chi connectivity index (χ4v) is 1.61. The van der Waals surface area contributed by atoms with E-state index in [0.29, 0.717) is 11.1 Å². The van der Waals surface area contributed by atoms with Crippen LogP contribution in [0.1, 0.15) is 11.1 Å². The van der Waals surface area contributed by atoms with Gasteiger partial charge in [0.2, 0.25) is 0 Å². The zero-order chi connectivity index (χ0) is 13.8. The highest BCUT2D eigenvalue weighted by Crippen LogP contribution is 2.17. The first-order valence-corrected chi connectivity index (χ1v) is 5.65. The minimum absolute atomic E-state index is 0.0881. The maximum atomic E-state index is 13.2. The monoisotopic (exact) mass is 267 g/mol. The first-order valence-electron chi connectivity index (χ1n) is 5.65. The van der Waals surface area contributed by atoms with Crippen molar-refractivity contribution in [1.29, 1.82) is 0 Å². The van der Waals surface area contributed by atoms with Crippen molar-refractivity contribution in [1.82, 2.24) is 0 Å². The zero-order valence-corrected chi connectivity index (χ0v) is 10.00. The Hall–Kier alpha value is -2.01. The number of hydrogen-bond acceptors (Lipinski definition) is 2. The van der Waals surface area contributed by atoms with Crippen molar-refractivity contribution < 1.29 is 17.9 Å². The number of hydrogen-bond donors (Lipinski definition) is 1. The highest BCUT2D eigenvalue weighted by Gasteiger charge is 2.05. The molecule has 0 saturated carbocycles. The molecule has 2 aromatic rings. The van der Waals surface area contributed by atoms with E-state index in [-0.39, 0.29) is 24.7 Å². The molecule has 0 unspecified atom stereocenters. The van der Waals surface area contributed by atoms with Gasteiger partial charge in [0.1, 0.15) is 18.2 Å². The molecule has 19 heavy (non-hydrogen) atoms. The smallest absolute Gasteiger partial charge is 0.162 e. The lowest BCUT2D eigenvalue weighted by Crippen LogP contribution is -2.03. The Balaban J connectivity index is 2.07. The summed E-state index contributed by atoms with van der Waals surface area (Å²) in [5, 5.41) is 0. The third-order valence-electron chi connectivity index (χ3n) is 2.63. The van der Waals surface area contributed by atoms with Crippen molar-refractivity contribution in [2.24, 2.45) is 5.73 Å². The Bertz CT molecular complexity index is 587. The second-order valence-electron chi connectivity index (χ2n) is 3.99. The Labute approximate surface area is 108 Å². The predicted octanol–water partition coefficient (Wildman–Crippen LogP) is 3.14. The van der Waals surface area contributed by atoms with E-state index in [2.05, 4.69) is 0 Å². The van der Waals surface area contributed by atoms with Gasteiger partial charge >= 0.3 is 0 Å². The number of benzene rings is 2. The summed E-state index contributed by atoms with van der Waals surface area (Å²) in [5.74, 6) is -2.07. The van der Waals surface area contributed by atoms with E-state index in [4.69, 9.17) is 10.5 Å². The predicted molar refractivity (Wildman–Crippen MR) is 65.0 cm³/mol. The van der Waals surface area contributed by atoms with Crippen molar-refractivity contribution in [2.45, 2.75) is 13.2 Å². The van der Waals surface area contributed by atoms with Crippen molar-refractivity contribution in [2.75, 3.05) is 0 Å². The molecule has 0 radical (unpaired) electrons. The average Bonchev–Trinajstić information content (AvgIpc) is 2.41. The van der Waals surface area contributed by atoms with Crippen LogP contribution in [0.3, 0.4) is 0 Å². The molecule has 0 spiro atoms. The molecule has 2 N–H and O–H groups in total. The molecule has 0 aliphatic heterocycles. The van der Waals surface area contributed by atoms with Gasteiger partial charge in [0.15, 0.2) is 11.6 Å². The van der Waals surface area contributed by atoms with Crippen molar-refractivity contribution in [3.63, 3.8) is 0 Å². The van der Waals surface area contributed by atoms with Gasteiger partial charge in [0.25, 0.3) is 0 Å². The SMILES string of the molecule is NCc1cc(COc2ccc(F)c(F)c2)ccc1F. The summed E-state index contributed by atoms with van der Waals surface area (Å²) in [4.78, 5) is 0. The molecule has 0 aliphatic rings. The molecule has 100 valence electrons. The molecular weight excluding hydrogens is 255 g/mol. The Morgan fingerprint density at radius 3 is 2.32 bits per heavy atom. The molecule has 0 atom stereocenters. The molecule has 5 heteroatoms. The molecule has 0 amide bonds. The van der Waals surface area contributed by atoms with Crippen molar-refractivity contribution in [3.8, 4) is 5.75 Å². The van der Waals surface area contributed by atoms with E-state index in [1.807, 2.05) is 0 Å². The summed E-state index contributed by atoms with van der Waals surface area (Å²) in [6.07, 6.45) is 0. The molecule has 0 heterocycles. The highest BCUT2D eigenvalue weighted by atomic mass is 19.2. The molecule has 0 bridgehead atoms. The van der Waals surface area contributed by atoms with Gasteiger partial charge < -0.3 is 10.5 Å². The first-order chi connectivity index (χ1) is 9.10. The zero-order valence-electron chi connectivity index (χ0n) is 10.00. The number of ether oxygens (including phenoxy) is 1. The second-order valence-corrected chi connectivity index (χ2v) is 3.99. The van der Waals surface area contributed by atoms with Crippen LogP contribution in [0.4, 0.5) is 13.2 Å². The summed E-state index contributed by atoms with van der Waals surface area (Å²) in [7, 11) is 0. The second kappa shape index (κ2) is 5.75. The molecule has 0 aliphatic carbocycles. The lowest BCUT2D eigenvalue weighted by molar-refractivity contribution is 0.303. The van der Waals surface area contributed by atoms with Crippen LogP contribution in [-0.4, -0.2) is 0 Å². The standard InChI is InChI=1S/C14H12F3NO/c15-12-3-1-9(5-10(12)7-18)8-19-11-2-4-13(16)14(17)6-11/h1-6H,7-8,18H2. The van der Waals surface area contributed by atoms with Crippen LogP contribution in [0.15, 0.2) is 36.4 Å². The van der Waals surface area contributed by atoms with Gasteiger partial charge in [-0.25, -0.2) is 13.2 Å². The Morgan fingerprint density at radius 1 is 0.895 bits per heavy atom. The molecule has 2 nitrogen and oxygen atoms in total. The largest absolute Gasteiger partial charge is 0.489 e. The van der Waals surface area contributed by atoms with E-state index >= 15 is 0 Å². The molecule has 2 aromatic carbocycles. The van der Waals surface area contributed by atoms with Gasteiger partial charge in [-0.1, -0.05) is 6.07 Å². The Kier molecular flexibility index (Phi) is 4.06. The maximum absolute atomic E-state index is 13.2. The van der Waals surface area contributed by atoms with E-state index < -0.39 is 11.6 Å². The van der Waals surface area contributed by atoms with E-state index in [1.54, 1.807) is 12.1 Å². The molecule has 0 aromatic heterocycles. The number of rotatable bonds is 4. The summed E-state index contributed by atoms with van der Waals surface area (Å²) >= 11 is 0. The average molecular weight is 267 g/mol. The molecular formula is C14H12F3NO. The van der Waals surface area contributed by atoms with Gasteiger partial charge in [-0.05, 0) is 29.8 Å². The van der Waals surface area contributed by atoms with Gasteiger partial charge in [-0.2, -0.15) is 0 Å². The Morgan fingerprint density at radius 2 is 1.63 bits per heavy atom. The van der Waals surface area contributed by atoms with Gasteiger partial charge in [0, 0.05) is 18.2 Å². The topological polar surface area (TPSA) is 35.2 Å². The lowest BCUT2D eigenvalue weighted by Gasteiger charge is -2.08. The first kappa shape index (κ1) is 13.4. The van der Waals surface area contributed by atoms with Crippen LogP contribution in [0.25, 0.3) is 0 Å². The van der Waals surface area contributed by atoms with Gasteiger partial charge in [0.05, 0.1) is 0 Å².